The molecule has 1 aliphatic heterocycles. The molecule has 2 fully saturated rings. The van der Waals surface area contributed by atoms with Crippen molar-refractivity contribution in [2.75, 3.05) is 23.3 Å². The molecule has 1 aromatic carbocycles. The van der Waals surface area contributed by atoms with Crippen LogP contribution in [0.1, 0.15) is 41.7 Å². The van der Waals surface area contributed by atoms with Crippen LogP contribution in [0, 0.1) is 12.8 Å². The Hall–Kier alpha value is -2.91. The van der Waals surface area contributed by atoms with E-state index in [2.05, 4.69) is 25.4 Å². The number of β-amino-alcohol motifs (C(OH)–C–C–N with tert-alkyl or cyclic N) is 1. The molecule has 0 atom stereocenters. The lowest BCUT2D eigenvalue weighted by molar-refractivity contribution is -0.118. The summed E-state index contributed by atoms with van der Waals surface area (Å²) in [6.45, 7) is 5.03. The van der Waals surface area contributed by atoms with Gasteiger partial charge in [-0.15, -0.1) is 0 Å². The van der Waals surface area contributed by atoms with Crippen molar-refractivity contribution in [3.05, 3.63) is 47.7 Å². The number of benzene rings is 1. The number of H-pyrrole nitrogens is 1. The summed E-state index contributed by atoms with van der Waals surface area (Å²) in [7, 11) is 0. The summed E-state index contributed by atoms with van der Waals surface area (Å²) in [5.74, 6) is 2.79. The highest BCUT2D eigenvalue weighted by Gasteiger charge is 2.52. The number of anilines is 3. The fourth-order valence-electron chi connectivity index (χ4n) is 4.09. The van der Waals surface area contributed by atoms with Gasteiger partial charge in [0, 0.05) is 39.8 Å². The molecule has 1 saturated heterocycles. The number of aryl methyl sites for hydroxylation is 1. The lowest BCUT2D eigenvalue weighted by atomic mass is 9.89. The van der Waals surface area contributed by atoms with Gasteiger partial charge >= 0.3 is 0 Å². The third kappa shape index (κ3) is 5.04. The normalized spacial score (nSPS) is 17.0. The Bertz CT molecular complexity index is 1170. The predicted octanol–water partition coefficient (Wildman–Crippen LogP) is 4.62. The second-order valence-electron chi connectivity index (χ2n) is 9.00. The van der Waals surface area contributed by atoms with Gasteiger partial charge in [0.1, 0.15) is 23.0 Å². The quantitative estimate of drug-likeness (QED) is 0.389. The van der Waals surface area contributed by atoms with Crippen LogP contribution in [0.25, 0.3) is 0 Å². The van der Waals surface area contributed by atoms with Gasteiger partial charge in [-0.05, 0) is 55.1 Å². The van der Waals surface area contributed by atoms with Crippen molar-refractivity contribution in [1.29, 1.82) is 0 Å². The topological polar surface area (TPSA) is 107 Å². The van der Waals surface area contributed by atoms with Crippen molar-refractivity contribution < 1.29 is 14.2 Å². The molecule has 0 radical (unpaired) electrons. The molecular weight excluding hydrogens is 436 g/mol. The Morgan fingerprint density at radius 3 is 2.64 bits per heavy atom. The van der Waals surface area contributed by atoms with Crippen LogP contribution in [0.15, 0.2) is 46.5 Å². The average molecular weight is 471 g/mol. The number of aromatic amines is 1. The monoisotopic (exact) mass is 470 g/mol. The largest absolute Gasteiger partial charge is 0.386 e. The highest BCUT2D eigenvalue weighted by Crippen LogP contribution is 2.45. The molecule has 0 spiro atoms. The third-order valence-corrected chi connectivity index (χ3v) is 7.05. The molecule has 2 aliphatic rings. The Kier molecular flexibility index (Phi) is 5.84. The van der Waals surface area contributed by atoms with E-state index in [0.717, 1.165) is 34.8 Å². The zero-order valence-electron chi connectivity index (χ0n) is 18.8. The lowest BCUT2D eigenvalue weighted by Gasteiger charge is -2.47. The number of nitrogens with zero attached hydrogens (tertiary/aromatic N) is 4. The van der Waals surface area contributed by atoms with Gasteiger partial charge in [-0.1, -0.05) is 19.1 Å². The van der Waals surface area contributed by atoms with Crippen LogP contribution >= 0.6 is 11.8 Å². The minimum Gasteiger partial charge on any atom is -0.386 e. The molecule has 0 amide bonds. The maximum Gasteiger partial charge on any atom is 0.196 e. The number of carbonyl (C=O) groups excluding carboxylic acids is 1. The number of nitrogens with one attached hydrogen (secondary N) is 2. The number of hydrogen-bond donors (Lipinski definition) is 3. The molecule has 0 bridgehead atoms. The maximum absolute atomic E-state index is 11.7. The van der Waals surface area contributed by atoms with E-state index in [4.69, 9.17) is 4.98 Å². The molecule has 33 heavy (non-hydrogen) atoms. The number of hydrogen-bond acceptors (Lipinski definition) is 8. The molecule has 5 rings (SSSR count). The van der Waals surface area contributed by atoms with E-state index in [1.165, 1.54) is 11.8 Å². The van der Waals surface area contributed by atoms with E-state index in [0.29, 0.717) is 48.6 Å². The summed E-state index contributed by atoms with van der Waals surface area (Å²) < 4.78 is 0. The van der Waals surface area contributed by atoms with Crippen LogP contribution in [0.2, 0.25) is 0 Å². The van der Waals surface area contributed by atoms with Gasteiger partial charge in [-0.25, -0.2) is 9.97 Å². The van der Waals surface area contributed by atoms with Crippen molar-refractivity contribution in [2.24, 2.45) is 5.92 Å². The summed E-state index contributed by atoms with van der Waals surface area (Å²) in [6.07, 6.45) is 3.24. The summed E-state index contributed by atoms with van der Waals surface area (Å²) in [5, 5.41) is 21.8. The molecule has 0 unspecified atom stereocenters. The molecule has 178 valence electrons. The molecule has 3 aromatic rings. The second-order valence-corrected chi connectivity index (χ2v) is 10.0. The minimum absolute atomic E-state index is 0. The lowest BCUT2D eigenvalue weighted by Crippen LogP contribution is -2.63. The van der Waals surface area contributed by atoms with E-state index in [9.17, 15) is 9.90 Å². The Balaban J connectivity index is 0.00000152. The SMILES string of the molecule is CCC(=O)Cc1ccc(Sc2nc(Nc3cc(C)[nH]n3)cc(N3CC(O)(C4CC4)C3)n2)cc1.[HH].[HH].[HH]. The van der Waals surface area contributed by atoms with Crippen LogP contribution in [-0.2, 0) is 11.2 Å². The first kappa shape index (κ1) is 21.9. The number of aromatic nitrogens is 4. The number of ketones is 1. The van der Waals surface area contributed by atoms with E-state index < -0.39 is 5.60 Å². The first-order valence-electron chi connectivity index (χ1n) is 11.3. The molecular formula is C24H34N6O2S. The van der Waals surface area contributed by atoms with Crippen LogP contribution < -0.4 is 10.2 Å². The number of rotatable bonds is 9. The van der Waals surface area contributed by atoms with Gasteiger partial charge in [0.15, 0.2) is 11.0 Å². The highest BCUT2D eigenvalue weighted by molar-refractivity contribution is 7.99. The van der Waals surface area contributed by atoms with Crippen molar-refractivity contribution in [3.63, 3.8) is 0 Å². The number of aliphatic hydroxyl groups is 1. The fourth-order valence-corrected chi connectivity index (χ4v) is 4.85. The Morgan fingerprint density at radius 2 is 2.00 bits per heavy atom. The van der Waals surface area contributed by atoms with E-state index in [1.54, 1.807) is 0 Å². The minimum atomic E-state index is -0.586. The van der Waals surface area contributed by atoms with Crippen molar-refractivity contribution in [1.82, 2.24) is 20.2 Å². The van der Waals surface area contributed by atoms with Gasteiger partial charge in [-0.2, -0.15) is 5.10 Å². The van der Waals surface area contributed by atoms with Crippen molar-refractivity contribution >= 4 is 35.0 Å². The first-order chi connectivity index (χ1) is 15.9. The average Bonchev–Trinajstić information content (AvgIpc) is 3.55. The zero-order chi connectivity index (χ0) is 23.0. The fraction of sp³-hybridized carbons (Fsp3) is 0.417. The first-order valence-corrected chi connectivity index (χ1v) is 12.2. The summed E-state index contributed by atoms with van der Waals surface area (Å²) in [5.41, 5.74) is 1.38. The zero-order valence-corrected chi connectivity index (χ0v) is 19.7. The molecule has 1 aliphatic carbocycles. The standard InChI is InChI=1S/C24H28N6O2S.3H2/c1-3-18(31)11-16-4-8-19(9-5-16)33-23-26-20(25-21-10-15(2)28-29-21)12-22(27-23)30-13-24(32,14-30)17-6-7-17;;;/h4-5,8-10,12,17,32H,3,6-7,11,13-14H2,1-2H3,(H2,25,26,27,28,29);3*1H. The van der Waals surface area contributed by atoms with Gasteiger partial charge in [0.25, 0.3) is 0 Å². The number of Topliss-reactive ketones (excluding diaryl/α,β-unsaturated/α-hetero) is 1. The maximum atomic E-state index is 11.7. The third-order valence-electron chi connectivity index (χ3n) is 6.17. The van der Waals surface area contributed by atoms with Gasteiger partial charge in [-0.3, -0.25) is 9.89 Å². The van der Waals surface area contributed by atoms with Crippen LogP contribution in [-0.4, -0.2) is 49.7 Å². The van der Waals surface area contributed by atoms with Crippen LogP contribution in [0.3, 0.4) is 0 Å². The highest BCUT2D eigenvalue weighted by atomic mass is 32.2. The van der Waals surface area contributed by atoms with E-state index >= 15 is 0 Å². The van der Waals surface area contributed by atoms with E-state index in [-0.39, 0.29) is 10.1 Å². The van der Waals surface area contributed by atoms with E-state index in [1.807, 2.05) is 50.2 Å². The van der Waals surface area contributed by atoms with Crippen molar-refractivity contribution in [3.8, 4) is 0 Å². The molecule has 3 heterocycles. The number of carbonyl (C=O) groups is 1. The second kappa shape index (κ2) is 8.79. The van der Waals surface area contributed by atoms with Crippen LogP contribution in [0.4, 0.5) is 17.5 Å². The Morgan fingerprint density at radius 1 is 1.24 bits per heavy atom. The summed E-state index contributed by atoms with van der Waals surface area (Å²) in [6, 6.07) is 11.8. The summed E-state index contributed by atoms with van der Waals surface area (Å²) >= 11 is 1.47. The van der Waals surface area contributed by atoms with Crippen molar-refractivity contribution in [2.45, 2.75) is 55.2 Å². The smallest absolute Gasteiger partial charge is 0.196 e. The molecule has 2 aromatic heterocycles. The van der Waals surface area contributed by atoms with Gasteiger partial charge in [0.05, 0.1) is 13.1 Å². The molecule has 3 N–H and O–H groups in total. The predicted molar refractivity (Wildman–Crippen MR) is 134 cm³/mol. The molecule has 8 nitrogen and oxygen atoms in total. The van der Waals surface area contributed by atoms with Gasteiger partial charge < -0.3 is 15.3 Å². The molecule has 1 saturated carbocycles. The van der Waals surface area contributed by atoms with Crippen LogP contribution in [0.5, 0.6) is 0 Å². The summed E-state index contributed by atoms with van der Waals surface area (Å²) in [4.78, 5) is 24.3. The van der Waals surface area contributed by atoms with Gasteiger partial charge in [0.2, 0.25) is 0 Å². The molecule has 9 heteroatoms. The Labute approximate surface area is 201 Å².